The monoisotopic (exact) mass is 599 g/mol. The van der Waals surface area contributed by atoms with Gasteiger partial charge in [0.1, 0.15) is 11.9 Å². The van der Waals surface area contributed by atoms with Crippen molar-refractivity contribution >= 4 is 27.6 Å². The standard InChI is InChI=1S/C30H34FN3O7S/c1-19-15-34(20(2)18-35)29(36)25-5-4-6-26(32-42(39,40)24-13-11-23(31)12-14-24)28(25)41-27(19)17-33(3)16-21-7-9-22(10-8-21)30(37)38/h4-14,19-20,27,32,35H,15-18H2,1-3H3,(H,37,38)/t19-,20-,27+/m1/s1. The van der Waals surface area contributed by atoms with E-state index in [0.717, 1.165) is 29.8 Å². The van der Waals surface area contributed by atoms with Gasteiger partial charge >= 0.3 is 5.97 Å². The van der Waals surface area contributed by atoms with Gasteiger partial charge in [-0.15, -0.1) is 0 Å². The van der Waals surface area contributed by atoms with Gasteiger partial charge in [0.2, 0.25) is 0 Å². The number of benzene rings is 3. The molecule has 3 N–H and O–H groups in total. The van der Waals surface area contributed by atoms with E-state index in [-0.39, 0.29) is 46.5 Å². The van der Waals surface area contributed by atoms with Crippen LogP contribution in [0.1, 0.15) is 40.1 Å². The van der Waals surface area contributed by atoms with Gasteiger partial charge in [-0.1, -0.05) is 25.1 Å². The van der Waals surface area contributed by atoms with E-state index < -0.39 is 39.9 Å². The average Bonchev–Trinajstić information content (AvgIpc) is 2.95. The number of nitrogens with one attached hydrogen (secondary N) is 1. The fourth-order valence-electron chi connectivity index (χ4n) is 4.80. The first-order valence-electron chi connectivity index (χ1n) is 13.4. The normalized spacial score (nSPS) is 18.0. The number of carboxylic acid groups (broad SMARTS) is 1. The number of halogens is 1. The van der Waals surface area contributed by atoms with Crippen molar-refractivity contribution < 1.29 is 37.3 Å². The Hall–Kier alpha value is -4.00. The van der Waals surface area contributed by atoms with Crippen molar-refractivity contribution in [2.24, 2.45) is 5.92 Å². The highest BCUT2D eigenvalue weighted by Crippen LogP contribution is 2.36. The highest BCUT2D eigenvalue weighted by molar-refractivity contribution is 7.92. The fraction of sp³-hybridized carbons (Fsp3) is 0.333. The van der Waals surface area contributed by atoms with Crippen molar-refractivity contribution in [2.75, 3.05) is 31.5 Å². The average molecular weight is 600 g/mol. The topological polar surface area (TPSA) is 136 Å². The highest BCUT2D eigenvalue weighted by Gasteiger charge is 2.35. The lowest BCUT2D eigenvalue weighted by Crippen LogP contribution is -2.49. The first-order valence-corrected chi connectivity index (χ1v) is 14.9. The molecule has 4 rings (SSSR count). The van der Waals surface area contributed by atoms with Gasteiger partial charge in [0, 0.05) is 25.6 Å². The van der Waals surface area contributed by atoms with Crippen molar-refractivity contribution in [1.82, 2.24) is 9.80 Å². The molecule has 12 heteroatoms. The molecule has 1 aliphatic rings. The molecular formula is C30H34FN3O7S. The zero-order valence-corrected chi connectivity index (χ0v) is 24.3. The second-order valence-electron chi connectivity index (χ2n) is 10.6. The Balaban J connectivity index is 1.67. The second kappa shape index (κ2) is 12.9. The molecular weight excluding hydrogens is 565 g/mol. The number of aromatic carboxylic acids is 1. The van der Waals surface area contributed by atoms with Gasteiger partial charge < -0.3 is 19.8 Å². The molecule has 0 fully saturated rings. The maximum atomic E-state index is 13.7. The van der Waals surface area contributed by atoms with E-state index in [1.165, 1.54) is 24.3 Å². The Morgan fingerprint density at radius 2 is 1.81 bits per heavy atom. The van der Waals surface area contributed by atoms with Crippen molar-refractivity contribution in [1.29, 1.82) is 0 Å². The molecule has 0 aromatic heterocycles. The van der Waals surface area contributed by atoms with Crippen LogP contribution in [0.3, 0.4) is 0 Å². The third-order valence-electron chi connectivity index (χ3n) is 7.20. The summed E-state index contributed by atoms with van der Waals surface area (Å²) >= 11 is 0. The summed E-state index contributed by atoms with van der Waals surface area (Å²) < 4.78 is 48.8. The van der Waals surface area contributed by atoms with E-state index in [1.54, 1.807) is 30.0 Å². The van der Waals surface area contributed by atoms with Crippen molar-refractivity contribution in [3.05, 3.63) is 89.2 Å². The molecule has 3 aromatic carbocycles. The van der Waals surface area contributed by atoms with Crippen LogP contribution in [0, 0.1) is 11.7 Å². The molecule has 224 valence electrons. The summed E-state index contributed by atoms with van der Waals surface area (Å²) in [6.07, 6.45) is -0.509. The van der Waals surface area contributed by atoms with Crippen LogP contribution in [0.25, 0.3) is 0 Å². The number of carbonyl (C=O) groups excluding carboxylic acids is 1. The number of sulfonamides is 1. The van der Waals surface area contributed by atoms with Gasteiger partial charge in [-0.3, -0.25) is 14.4 Å². The van der Waals surface area contributed by atoms with Crippen molar-refractivity contribution in [3.63, 3.8) is 0 Å². The number of nitrogens with zero attached hydrogens (tertiary/aromatic N) is 2. The number of amides is 1. The Morgan fingerprint density at radius 3 is 2.43 bits per heavy atom. The fourth-order valence-corrected chi connectivity index (χ4v) is 5.86. The molecule has 1 amide bonds. The number of hydrogen-bond acceptors (Lipinski definition) is 7. The van der Waals surface area contributed by atoms with E-state index in [0.29, 0.717) is 13.1 Å². The number of aliphatic hydroxyl groups excluding tert-OH is 1. The summed E-state index contributed by atoms with van der Waals surface area (Å²) in [7, 11) is -2.28. The SMILES string of the molecule is C[C@@H]1CN([C@H](C)CO)C(=O)c2cccc(NS(=O)(=O)c3ccc(F)cc3)c2O[C@H]1CN(C)Cc1ccc(C(=O)O)cc1. The van der Waals surface area contributed by atoms with Crippen LogP contribution < -0.4 is 9.46 Å². The van der Waals surface area contributed by atoms with Crippen molar-refractivity contribution in [3.8, 4) is 5.75 Å². The van der Waals surface area contributed by atoms with Crippen LogP contribution >= 0.6 is 0 Å². The lowest BCUT2D eigenvalue weighted by Gasteiger charge is -2.38. The van der Waals surface area contributed by atoms with Crippen LogP contribution in [0.5, 0.6) is 5.75 Å². The molecule has 0 radical (unpaired) electrons. The third kappa shape index (κ3) is 7.07. The highest BCUT2D eigenvalue weighted by atomic mass is 32.2. The molecule has 1 aliphatic heterocycles. The smallest absolute Gasteiger partial charge is 0.335 e. The summed E-state index contributed by atoms with van der Waals surface area (Å²) in [5.41, 5.74) is 1.26. The van der Waals surface area contributed by atoms with E-state index in [2.05, 4.69) is 4.72 Å². The van der Waals surface area contributed by atoms with Gasteiger partial charge in [-0.05, 0) is 68.1 Å². The van der Waals surface area contributed by atoms with E-state index in [4.69, 9.17) is 4.74 Å². The molecule has 0 spiro atoms. The number of carbonyl (C=O) groups is 2. The summed E-state index contributed by atoms with van der Waals surface area (Å²) in [5, 5.41) is 19.1. The van der Waals surface area contributed by atoms with E-state index >= 15 is 0 Å². The third-order valence-corrected chi connectivity index (χ3v) is 8.59. The van der Waals surface area contributed by atoms with Gasteiger partial charge in [-0.2, -0.15) is 0 Å². The maximum absolute atomic E-state index is 13.7. The summed E-state index contributed by atoms with van der Waals surface area (Å²) in [4.78, 5) is 28.3. The number of para-hydroxylation sites is 1. The second-order valence-corrected chi connectivity index (χ2v) is 12.2. The number of anilines is 1. The number of ether oxygens (including phenoxy) is 1. The first-order chi connectivity index (χ1) is 19.9. The molecule has 3 atom stereocenters. The van der Waals surface area contributed by atoms with Gasteiger partial charge in [0.05, 0.1) is 34.4 Å². The van der Waals surface area contributed by atoms with Crippen LogP contribution in [-0.4, -0.2) is 79.2 Å². The molecule has 10 nitrogen and oxygen atoms in total. The number of hydrogen-bond donors (Lipinski definition) is 3. The van der Waals surface area contributed by atoms with E-state index in [9.17, 15) is 32.6 Å². The number of rotatable bonds is 10. The zero-order valence-electron chi connectivity index (χ0n) is 23.5. The Morgan fingerprint density at radius 1 is 1.14 bits per heavy atom. The molecule has 1 heterocycles. The summed E-state index contributed by atoms with van der Waals surface area (Å²) in [5.74, 6) is -2.17. The zero-order chi connectivity index (χ0) is 30.6. The van der Waals surface area contributed by atoms with Crippen LogP contribution in [-0.2, 0) is 16.6 Å². The molecule has 0 saturated heterocycles. The Labute approximate surface area is 244 Å². The number of carboxylic acids is 1. The van der Waals surface area contributed by atoms with Crippen molar-refractivity contribution in [2.45, 2.75) is 37.4 Å². The number of likely N-dealkylation sites (N-methyl/N-ethyl adjacent to an activating group) is 1. The largest absolute Gasteiger partial charge is 0.486 e. The lowest BCUT2D eigenvalue weighted by molar-refractivity contribution is 0.0343. The van der Waals surface area contributed by atoms with Gasteiger partial charge in [0.25, 0.3) is 15.9 Å². The number of fused-ring (bicyclic) bond motifs is 1. The molecule has 0 aliphatic carbocycles. The minimum atomic E-state index is -4.15. The molecule has 0 saturated carbocycles. The molecule has 3 aromatic rings. The minimum Gasteiger partial charge on any atom is -0.486 e. The number of aliphatic hydroxyl groups is 1. The van der Waals surface area contributed by atoms with Gasteiger partial charge in [-0.25, -0.2) is 17.6 Å². The molecule has 0 bridgehead atoms. The Kier molecular flexibility index (Phi) is 9.50. The molecule has 0 unspecified atom stereocenters. The van der Waals surface area contributed by atoms with Crippen LogP contribution in [0.15, 0.2) is 71.6 Å². The quantitative estimate of drug-likeness (QED) is 0.321. The first kappa shape index (κ1) is 30.9. The van der Waals surface area contributed by atoms with E-state index in [1.807, 2.05) is 18.9 Å². The predicted molar refractivity (Wildman–Crippen MR) is 155 cm³/mol. The van der Waals surface area contributed by atoms with Crippen LogP contribution in [0.4, 0.5) is 10.1 Å². The Bertz CT molecular complexity index is 1530. The lowest BCUT2D eigenvalue weighted by atomic mass is 9.99. The maximum Gasteiger partial charge on any atom is 0.335 e. The predicted octanol–water partition coefficient (Wildman–Crippen LogP) is 3.68. The summed E-state index contributed by atoms with van der Waals surface area (Å²) in [6, 6.07) is 15.0. The minimum absolute atomic E-state index is 0.0489. The summed E-state index contributed by atoms with van der Waals surface area (Å²) in [6.45, 7) is 4.54. The van der Waals surface area contributed by atoms with Gasteiger partial charge in [0.15, 0.2) is 5.75 Å². The van der Waals surface area contributed by atoms with Crippen LogP contribution in [0.2, 0.25) is 0 Å². The molecule has 42 heavy (non-hydrogen) atoms.